The molecule has 9 nitrogen and oxygen atoms in total. The minimum atomic E-state index is -0.560. The van der Waals surface area contributed by atoms with Crippen molar-refractivity contribution < 1.29 is 29.0 Å². The zero-order valence-corrected chi connectivity index (χ0v) is 16.1. The Kier molecular flexibility index (Phi) is 6.03. The molecule has 0 spiro atoms. The van der Waals surface area contributed by atoms with Gasteiger partial charge in [0.1, 0.15) is 6.04 Å². The van der Waals surface area contributed by atoms with Crippen LogP contribution in [0.1, 0.15) is 24.0 Å². The number of aliphatic hydroxyl groups excluding tert-OH is 1. The quantitative estimate of drug-likeness (QED) is 0.487. The van der Waals surface area contributed by atoms with Crippen LogP contribution in [0.3, 0.4) is 0 Å². The van der Waals surface area contributed by atoms with E-state index in [0.717, 1.165) is 16.0 Å². The average molecular weight is 391 g/mol. The molecule has 2 heterocycles. The van der Waals surface area contributed by atoms with Gasteiger partial charge in [-0.3, -0.25) is 14.5 Å². The lowest BCUT2D eigenvalue weighted by atomic mass is 9.94. The van der Waals surface area contributed by atoms with Crippen LogP contribution >= 0.6 is 0 Å². The number of amides is 4. The second kappa shape index (κ2) is 8.47. The highest BCUT2D eigenvalue weighted by molar-refractivity contribution is 6.04. The smallest absolute Gasteiger partial charge is 0.327 e. The van der Waals surface area contributed by atoms with Crippen LogP contribution in [-0.4, -0.2) is 72.7 Å². The van der Waals surface area contributed by atoms with E-state index in [-0.39, 0.29) is 37.4 Å². The predicted molar refractivity (Wildman–Crippen MR) is 99.0 cm³/mol. The van der Waals surface area contributed by atoms with Gasteiger partial charge in [-0.05, 0) is 29.7 Å². The van der Waals surface area contributed by atoms with Crippen molar-refractivity contribution in [1.82, 2.24) is 15.1 Å². The zero-order chi connectivity index (χ0) is 20.3. The van der Waals surface area contributed by atoms with Gasteiger partial charge in [-0.1, -0.05) is 0 Å². The van der Waals surface area contributed by atoms with Gasteiger partial charge in [-0.15, -0.1) is 0 Å². The summed E-state index contributed by atoms with van der Waals surface area (Å²) in [6.07, 6.45) is 0.909. The van der Waals surface area contributed by atoms with Crippen LogP contribution in [0.4, 0.5) is 4.79 Å². The lowest BCUT2D eigenvalue weighted by molar-refractivity contribution is -0.129. The van der Waals surface area contributed by atoms with Gasteiger partial charge in [0.05, 0.1) is 14.2 Å². The minimum Gasteiger partial charge on any atom is -0.493 e. The molecule has 4 amide bonds. The van der Waals surface area contributed by atoms with Crippen LogP contribution in [0, 0.1) is 0 Å². The van der Waals surface area contributed by atoms with Crippen molar-refractivity contribution in [2.24, 2.45) is 0 Å². The summed E-state index contributed by atoms with van der Waals surface area (Å²) in [7, 11) is 3.10. The number of benzene rings is 1. The molecule has 2 aliphatic heterocycles. The van der Waals surface area contributed by atoms with Gasteiger partial charge in [0.2, 0.25) is 5.91 Å². The van der Waals surface area contributed by atoms with Crippen molar-refractivity contribution in [1.29, 1.82) is 0 Å². The molecule has 0 saturated carbocycles. The molecule has 0 aliphatic carbocycles. The summed E-state index contributed by atoms with van der Waals surface area (Å²) in [5.74, 6) is 0.627. The number of methoxy groups -OCH3 is 2. The Hall–Kier alpha value is -2.81. The Morgan fingerprint density at radius 3 is 2.54 bits per heavy atom. The van der Waals surface area contributed by atoms with Gasteiger partial charge >= 0.3 is 6.03 Å². The maximum Gasteiger partial charge on any atom is 0.327 e. The van der Waals surface area contributed by atoms with E-state index in [0.29, 0.717) is 37.4 Å². The molecule has 1 fully saturated rings. The first-order valence-electron chi connectivity index (χ1n) is 9.23. The SMILES string of the molecule is COc1cc2c(cc1OC)CN1C(=O)N(CCC(=O)NCCCO)C(=O)C1C2. The Bertz CT molecular complexity index is 730. The summed E-state index contributed by atoms with van der Waals surface area (Å²) in [6, 6.07) is 2.74. The van der Waals surface area contributed by atoms with Crippen molar-refractivity contribution in [2.75, 3.05) is 33.9 Å². The third-order valence-corrected chi connectivity index (χ3v) is 5.08. The van der Waals surface area contributed by atoms with E-state index in [1.54, 1.807) is 19.1 Å². The summed E-state index contributed by atoms with van der Waals surface area (Å²) >= 11 is 0. The van der Waals surface area contributed by atoms with Crippen LogP contribution in [0.15, 0.2) is 12.1 Å². The largest absolute Gasteiger partial charge is 0.493 e. The number of hydrogen-bond acceptors (Lipinski definition) is 6. The molecular formula is C19H25N3O6. The lowest BCUT2D eigenvalue weighted by Gasteiger charge is -2.29. The highest BCUT2D eigenvalue weighted by Gasteiger charge is 2.47. The molecular weight excluding hydrogens is 366 g/mol. The normalized spacial score (nSPS) is 18.0. The van der Waals surface area contributed by atoms with Gasteiger partial charge in [-0.2, -0.15) is 0 Å². The Balaban J connectivity index is 1.69. The molecule has 1 saturated heterocycles. The molecule has 0 radical (unpaired) electrons. The summed E-state index contributed by atoms with van der Waals surface area (Å²) < 4.78 is 10.6. The van der Waals surface area contributed by atoms with E-state index in [2.05, 4.69) is 5.32 Å². The number of urea groups is 1. The molecule has 1 aromatic carbocycles. The fraction of sp³-hybridized carbons (Fsp3) is 0.526. The van der Waals surface area contributed by atoms with Gasteiger partial charge in [0, 0.05) is 39.1 Å². The average Bonchev–Trinajstić information content (AvgIpc) is 2.93. The van der Waals surface area contributed by atoms with E-state index < -0.39 is 6.04 Å². The Labute approximate surface area is 163 Å². The van der Waals surface area contributed by atoms with Crippen molar-refractivity contribution in [3.63, 3.8) is 0 Å². The van der Waals surface area contributed by atoms with Crippen LogP contribution in [0.5, 0.6) is 11.5 Å². The number of hydrogen-bond donors (Lipinski definition) is 2. The van der Waals surface area contributed by atoms with E-state index in [4.69, 9.17) is 14.6 Å². The topological polar surface area (TPSA) is 108 Å². The standard InChI is InChI=1S/C19H25N3O6/c1-27-15-9-12-8-14-18(25)21(6-4-17(24)20-5-3-7-23)19(26)22(14)11-13(12)10-16(15)28-2/h9-10,14,23H,3-8,11H2,1-2H3,(H,20,24). The fourth-order valence-corrected chi connectivity index (χ4v) is 3.58. The van der Waals surface area contributed by atoms with Crippen LogP contribution in [-0.2, 0) is 22.6 Å². The molecule has 3 rings (SSSR count). The Morgan fingerprint density at radius 2 is 1.89 bits per heavy atom. The van der Waals surface area contributed by atoms with Crippen LogP contribution < -0.4 is 14.8 Å². The molecule has 152 valence electrons. The van der Waals surface area contributed by atoms with Crippen LogP contribution in [0.25, 0.3) is 0 Å². The van der Waals surface area contributed by atoms with Gasteiger partial charge < -0.3 is 24.8 Å². The first-order chi connectivity index (χ1) is 13.5. The first-order valence-corrected chi connectivity index (χ1v) is 9.23. The summed E-state index contributed by atoms with van der Waals surface area (Å²) in [5, 5.41) is 11.4. The van der Waals surface area contributed by atoms with E-state index in [1.165, 1.54) is 0 Å². The summed E-state index contributed by atoms with van der Waals surface area (Å²) in [4.78, 5) is 40.0. The molecule has 1 unspecified atom stereocenters. The van der Waals surface area contributed by atoms with Crippen molar-refractivity contribution in [3.05, 3.63) is 23.3 Å². The third kappa shape index (κ3) is 3.75. The van der Waals surface area contributed by atoms with E-state index in [9.17, 15) is 14.4 Å². The monoisotopic (exact) mass is 391 g/mol. The highest BCUT2D eigenvalue weighted by atomic mass is 16.5. The molecule has 0 aromatic heterocycles. The predicted octanol–water partition coefficient (Wildman–Crippen LogP) is 0.281. The number of fused-ring (bicyclic) bond motifs is 2. The lowest BCUT2D eigenvalue weighted by Crippen LogP contribution is -2.40. The van der Waals surface area contributed by atoms with Crippen molar-refractivity contribution in [2.45, 2.75) is 31.8 Å². The number of carbonyl (C=O) groups is 3. The molecule has 1 aromatic rings. The number of ether oxygens (including phenoxy) is 2. The van der Waals surface area contributed by atoms with Crippen molar-refractivity contribution >= 4 is 17.8 Å². The number of nitrogens with zero attached hydrogens (tertiary/aromatic N) is 2. The van der Waals surface area contributed by atoms with Gasteiger partial charge in [0.25, 0.3) is 5.91 Å². The molecule has 2 N–H and O–H groups in total. The number of rotatable bonds is 8. The second-order valence-electron chi connectivity index (χ2n) is 6.77. The fourth-order valence-electron chi connectivity index (χ4n) is 3.58. The Morgan fingerprint density at radius 1 is 1.21 bits per heavy atom. The highest BCUT2D eigenvalue weighted by Crippen LogP contribution is 2.37. The van der Waals surface area contributed by atoms with E-state index >= 15 is 0 Å². The molecule has 28 heavy (non-hydrogen) atoms. The zero-order valence-electron chi connectivity index (χ0n) is 16.1. The maximum atomic E-state index is 12.8. The summed E-state index contributed by atoms with van der Waals surface area (Å²) in [6.45, 7) is 0.712. The minimum absolute atomic E-state index is 0.00382. The third-order valence-electron chi connectivity index (χ3n) is 5.08. The molecule has 1 atom stereocenters. The number of imide groups is 1. The number of aliphatic hydroxyl groups is 1. The van der Waals surface area contributed by atoms with Gasteiger partial charge in [-0.25, -0.2) is 4.79 Å². The number of carbonyl (C=O) groups excluding carboxylic acids is 3. The molecule has 0 bridgehead atoms. The van der Waals surface area contributed by atoms with Crippen molar-refractivity contribution in [3.8, 4) is 11.5 Å². The maximum absolute atomic E-state index is 12.8. The first kappa shape index (κ1) is 19.9. The van der Waals surface area contributed by atoms with E-state index in [1.807, 2.05) is 12.1 Å². The molecule has 2 aliphatic rings. The number of nitrogens with one attached hydrogen (secondary N) is 1. The summed E-state index contributed by atoms with van der Waals surface area (Å²) in [5.41, 5.74) is 1.86. The van der Waals surface area contributed by atoms with Crippen LogP contribution in [0.2, 0.25) is 0 Å². The van der Waals surface area contributed by atoms with Gasteiger partial charge in [0.15, 0.2) is 11.5 Å². The molecule has 9 heteroatoms. The second-order valence-corrected chi connectivity index (χ2v) is 6.77.